The second-order valence-electron chi connectivity index (χ2n) is 4.69. The third kappa shape index (κ3) is 4.39. The van der Waals surface area contributed by atoms with Gasteiger partial charge in [0.25, 0.3) is 0 Å². The molecule has 0 saturated heterocycles. The van der Waals surface area contributed by atoms with Crippen molar-refractivity contribution in [3.05, 3.63) is 44.4 Å². The molecule has 0 radical (unpaired) electrons. The first-order valence-electron chi connectivity index (χ1n) is 6.77. The molecule has 1 unspecified atom stereocenters. The van der Waals surface area contributed by atoms with E-state index in [9.17, 15) is 14.9 Å². The summed E-state index contributed by atoms with van der Waals surface area (Å²) in [5, 5.41) is 14.6. The lowest BCUT2D eigenvalue weighted by Gasteiger charge is -2.08. The molecule has 10 heteroatoms. The van der Waals surface area contributed by atoms with Gasteiger partial charge in [0, 0.05) is 6.42 Å². The zero-order valence-corrected chi connectivity index (χ0v) is 13.9. The number of rotatable bonds is 7. The van der Waals surface area contributed by atoms with E-state index in [-0.39, 0.29) is 25.4 Å². The van der Waals surface area contributed by atoms with E-state index < -0.39 is 16.9 Å². The molecule has 23 heavy (non-hydrogen) atoms. The lowest BCUT2D eigenvalue weighted by atomic mass is 10.2. The summed E-state index contributed by atoms with van der Waals surface area (Å²) in [6.07, 6.45) is 1.70. The first kappa shape index (κ1) is 17.2. The van der Waals surface area contributed by atoms with Gasteiger partial charge in [0.15, 0.2) is 0 Å². The van der Waals surface area contributed by atoms with E-state index in [0.717, 1.165) is 0 Å². The van der Waals surface area contributed by atoms with Gasteiger partial charge in [-0.1, -0.05) is 0 Å². The zero-order chi connectivity index (χ0) is 17.0. The Bertz CT molecular complexity index is 711. The van der Waals surface area contributed by atoms with Crippen molar-refractivity contribution in [2.24, 2.45) is 5.73 Å². The third-order valence-corrected chi connectivity index (χ3v) is 3.48. The van der Waals surface area contributed by atoms with Crippen LogP contribution < -0.4 is 5.73 Å². The van der Waals surface area contributed by atoms with E-state index >= 15 is 0 Å². The lowest BCUT2D eigenvalue weighted by Crippen LogP contribution is -2.34. The van der Waals surface area contributed by atoms with Gasteiger partial charge in [-0.15, -0.1) is 0 Å². The highest BCUT2D eigenvalue weighted by atomic mass is 79.9. The molecule has 0 spiro atoms. The maximum Gasteiger partial charge on any atom is 0.404 e. The Morgan fingerprint density at radius 2 is 2.26 bits per heavy atom. The number of hydrogen-bond donors (Lipinski definition) is 1. The van der Waals surface area contributed by atoms with E-state index in [0.29, 0.717) is 16.0 Å². The van der Waals surface area contributed by atoms with Crippen LogP contribution in [0, 0.1) is 10.1 Å². The van der Waals surface area contributed by atoms with Gasteiger partial charge in [0.2, 0.25) is 0 Å². The fraction of sp³-hybridized carbons (Fsp3) is 0.385. The number of halogens is 1. The molecule has 1 atom stereocenters. The smallest absolute Gasteiger partial charge is 0.404 e. The largest absolute Gasteiger partial charge is 0.465 e. The van der Waals surface area contributed by atoms with E-state index in [1.807, 2.05) is 0 Å². The van der Waals surface area contributed by atoms with Crippen LogP contribution in [0.5, 0.6) is 0 Å². The molecular formula is C13H15BrN4O5. The van der Waals surface area contributed by atoms with Crippen LogP contribution in [0.1, 0.15) is 18.4 Å². The molecule has 0 aliphatic rings. The van der Waals surface area contributed by atoms with E-state index in [1.165, 1.54) is 10.9 Å². The van der Waals surface area contributed by atoms with Crippen molar-refractivity contribution in [3.8, 4) is 0 Å². The zero-order valence-electron chi connectivity index (χ0n) is 12.3. The van der Waals surface area contributed by atoms with Gasteiger partial charge in [-0.2, -0.15) is 4.68 Å². The second kappa shape index (κ2) is 7.38. The van der Waals surface area contributed by atoms with Gasteiger partial charge in [-0.25, -0.2) is 0 Å². The molecule has 2 rings (SSSR count). The minimum absolute atomic E-state index is 0.210. The number of nitrogens with two attached hydrogens (primary N) is 1. The van der Waals surface area contributed by atoms with Crippen LogP contribution in [0.3, 0.4) is 0 Å². The number of furan rings is 1. The molecular weight excluding hydrogens is 372 g/mol. The first-order chi connectivity index (χ1) is 10.9. The lowest BCUT2D eigenvalue weighted by molar-refractivity contribution is -0.390. The van der Waals surface area contributed by atoms with Crippen molar-refractivity contribution in [2.45, 2.75) is 25.9 Å². The number of ether oxygens (including phenoxy) is 1. The highest BCUT2D eigenvalue weighted by molar-refractivity contribution is 9.10. The number of nitrogens with zero attached hydrogens (tertiary/aromatic N) is 3. The van der Waals surface area contributed by atoms with Crippen LogP contribution in [0.4, 0.5) is 5.82 Å². The molecule has 0 fully saturated rings. The maximum atomic E-state index is 11.5. The average molecular weight is 387 g/mol. The predicted molar refractivity (Wildman–Crippen MR) is 82.7 cm³/mol. The monoisotopic (exact) mass is 386 g/mol. The standard InChI is InChI=1S/C13H15BrN4O5/c1-2-22-13(19)11(15)5-8-3-4-9(23-8)6-17-7-10(14)12(16-17)18(20)21/h3-4,7,11H,2,5-6,15H2,1H3. The van der Waals surface area contributed by atoms with Crippen LogP contribution in [0.15, 0.2) is 27.2 Å². The topological polar surface area (TPSA) is 126 Å². The number of carbonyl (C=O) groups is 1. The van der Waals surface area contributed by atoms with Crippen molar-refractivity contribution < 1.29 is 18.9 Å². The molecule has 2 heterocycles. The highest BCUT2D eigenvalue weighted by Crippen LogP contribution is 2.22. The molecule has 2 N–H and O–H groups in total. The second-order valence-corrected chi connectivity index (χ2v) is 5.54. The van der Waals surface area contributed by atoms with Crippen LogP contribution in [0.25, 0.3) is 0 Å². The fourth-order valence-corrected chi connectivity index (χ4v) is 2.38. The Balaban J connectivity index is 2.01. The summed E-state index contributed by atoms with van der Waals surface area (Å²) in [6, 6.07) is 2.60. The molecule has 0 aliphatic carbocycles. The van der Waals surface area contributed by atoms with Gasteiger partial charge in [0.1, 0.15) is 28.6 Å². The van der Waals surface area contributed by atoms with E-state index in [1.54, 1.807) is 19.1 Å². The first-order valence-corrected chi connectivity index (χ1v) is 7.57. The normalized spacial score (nSPS) is 12.1. The summed E-state index contributed by atoms with van der Waals surface area (Å²) >= 11 is 3.08. The molecule has 2 aromatic rings. The van der Waals surface area contributed by atoms with E-state index in [4.69, 9.17) is 14.9 Å². The molecule has 0 aromatic carbocycles. The number of hydrogen-bond acceptors (Lipinski definition) is 7. The Labute approximate surface area is 139 Å². The van der Waals surface area contributed by atoms with Gasteiger partial charge in [-0.3, -0.25) is 4.79 Å². The Morgan fingerprint density at radius 3 is 2.87 bits per heavy atom. The Kier molecular flexibility index (Phi) is 5.50. The summed E-state index contributed by atoms with van der Waals surface area (Å²) in [5.74, 6) is 0.320. The van der Waals surface area contributed by atoms with Crippen molar-refractivity contribution in [1.82, 2.24) is 9.78 Å². The Hall–Kier alpha value is -2.20. The molecule has 0 amide bonds. The quantitative estimate of drug-likeness (QED) is 0.435. The van der Waals surface area contributed by atoms with Gasteiger partial charge in [-0.05, 0) is 39.9 Å². The van der Waals surface area contributed by atoms with Gasteiger partial charge >= 0.3 is 11.8 Å². The van der Waals surface area contributed by atoms with Crippen molar-refractivity contribution in [2.75, 3.05) is 6.61 Å². The molecule has 0 aliphatic heterocycles. The molecule has 0 saturated carbocycles. The van der Waals surface area contributed by atoms with Crippen LogP contribution >= 0.6 is 15.9 Å². The van der Waals surface area contributed by atoms with Gasteiger partial charge < -0.3 is 25.0 Å². The number of carbonyl (C=O) groups excluding carboxylic acids is 1. The summed E-state index contributed by atoms with van der Waals surface area (Å²) in [4.78, 5) is 21.6. The summed E-state index contributed by atoms with van der Waals surface area (Å²) < 4.78 is 12.1. The minimum Gasteiger partial charge on any atom is -0.465 e. The van der Waals surface area contributed by atoms with Crippen LogP contribution in [0.2, 0.25) is 0 Å². The van der Waals surface area contributed by atoms with Crippen molar-refractivity contribution in [1.29, 1.82) is 0 Å². The van der Waals surface area contributed by atoms with Crippen molar-refractivity contribution >= 4 is 27.7 Å². The Morgan fingerprint density at radius 1 is 1.57 bits per heavy atom. The van der Waals surface area contributed by atoms with Crippen LogP contribution in [-0.4, -0.2) is 33.3 Å². The molecule has 124 valence electrons. The summed E-state index contributed by atoms with van der Waals surface area (Å²) in [7, 11) is 0. The number of nitro groups is 1. The predicted octanol–water partition coefficient (Wildman–Crippen LogP) is 1.63. The number of esters is 1. The molecule has 9 nitrogen and oxygen atoms in total. The number of aromatic nitrogens is 2. The van der Waals surface area contributed by atoms with Crippen LogP contribution in [-0.2, 0) is 22.5 Å². The fourth-order valence-electron chi connectivity index (χ4n) is 1.92. The summed E-state index contributed by atoms with van der Waals surface area (Å²) in [6.45, 7) is 2.20. The molecule has 2 aromatic heterocycles. The highest BCUT2D eigenvalue weighted by Gasteiger charge is 2.20. The molecule has 0 bridgehead atoms. The summed E-state index contributed by atoms with van der Waals surface area (Å²) in [5.41, 5.74) is 5.72. The van der Waals surface area contributed by atoms with Crippen molar-refractivity contribution in [3.63, 3.8) is 0 Å². The average Bonchev–Trinajstić information content (AvgIpc) is 3.06. The van der Waals surface area contributed by atoms with Gasteiger partial charge in [0.05, 0.1) is 17.9 Å². The third-order valence-electron chi connectivity index (χ3n) is 2.92. The van der Waals surface area contributed by atoms with E-state index in [2.05, 4.69) is 21.0 Å². The maximum absolute atomic E-state index is 11.5. The SMILES string of the molecule is CCOC(=O)C(N)Cc1ccc(Cn2cc(Br)c([N+](=O)[O-])n2)o1. The minimum atomic E-state index is -0.797.